The molecule has 7 heteroatoms. The Balaban J connectivity index is 3.20. The summed E-state index contributed by atoms with van der Waals surface area (Å²) in [6.07, 6.45) is 1.76. The first-order chi connectivity index (χ1) is 8.16. The van der Waals surface area contributed by atoms with Gasteiger partial charge < -0.3 is 25.2 Å². The van der Waals surface area contributed by atoms with E-state index in [4.69, 9.17) is 14.6 Å². The maximum Gasteiger partial charge on any atom is 0.329 e. The van der Waals surface area contributed by atoms with Crippen LogP contribution < -0.4 is 10.6 Å². The lowest BCUT2D eigenvalue weighted by atomic mass is 10.3. The predicted octanol–water partition coefficient (Wildman–Crippen LogP) is -0.187. The molecule has 0 saturated heterocycles. The molecule has 0 heterocycles. The van der Waals surface area contributed by atoms with Gasteiger partial charge in [0.1, 0.15) is 6.61 Å². The van der Waals surface area contributed by atoms with Gasteiger partial charge in [-0.05, 0) is 12.8 Å². The van der Waals surface area contributed by atoms with Gasteiger partial charge in [-0.1, -0.05) is 0 Å². The van der Waals surface area contributed by atoms with E-state index in [1.165, 1.54) is 0 Å². The molecule has 0 unspecified atom stereocenters. The van der Waals surface area contributed by atoms with Gasteiger partial charge in [0.25, 0.3) is 0 Å². The highest BCUT2D eigenvalue weighted by atomic mass is 16.5. The second-order valence-electron chi connectivity index (χ2n) is 3.33. The lowest BCUT2D eigenvalue weighted by molar-refractivity contribution is -0.142. The van der Waals surface area contributed by atoms with E-state index in [1.54, 1.807) is 7.11 Å². The highest BCUT2D eigenvalue weighted by Gasteiger charge is 1.99. The number of nitrogens with one attached hydrogen (secondary N) is 2. The number of carboxylic acids is 1. The Labute approximate surface area is 100 Å². The molecule has 2 amide bonds. The number of urea groups is 1. The van der Waals surface area contributed by atoms with E-state index in [0.29, 0.717) is 13.2 Å². The molecule has 0 atom stereocenters. The molecular formula is C10H20N2O5. The lowest BCUT2D eigenvalue weighted by Crippen LogP contribution is -2.38. The molecule has 0 aliphatic rings. The third-order valence-corrected chi connectivity index (χ3v) is 1.82. The second-order valence-corrected chi connectivity index (χ2v) is 3.33. The Bertz CT molecular complexity index is 223. The minimum atomic E-state index is -1.02. The van der Waals surface area contributed by atoms with Gasteiger partial charge in [0.2, 0.25) is 0 Å². The van der Waals surface area contributed by atoms with Crippen molar-refractivity contribution >= 4 is 12.0 Å². The average Bonchev–Trinajstić information content (AvgIpc) is 2.28. The molecule has 0 radical (unpaired) electrons. The lowest BCUT2D eigenvalue weighted by Gasteiger charge is -2.07. The first-order valence-corrected chi connectivity index (χ1v) is 5.47. The molecule has 0 aromatic rings. The zero-order valence-electron chi connectivity index (χ0n) is 10.0. The summed E-state index contributed by atoms with van der Waals surface area (Å²) in [5.74, 6) is -1.02. The van der Waals surface area contributed by atoms with E-state index in [0.717, 1.165) is 12.8 Å². The number of amides is 2. The van der Waals surface area contributed by atoms with Gasteiger partial charge in [0, 0.05) is 26.8 Å². The zero-order chi connectivity index (χ0) is 12.9. The minimum absolute atomic E-state index is 0.184. The highest BCUT2D eigenvalue weighted by molar-refractivity contribution is 5.73. The van der Waals surface area contributed by atoms with Crippen LogP contribution in [0.2, 0.25) is 0 Å². The molecule has 0 aromatic heterocycles. The summed E-state index contributed by atoms with van der Waals surface area (Å²) in [6.45, 7) is 1.40. The minimum Gasteiger partial charge on any atom is -0.480 e. The number of unbranched alkanes of at least 4 members (excludes halogenated alkanes) is 1. The van der Waals surface area contributed by atoms with E-state index in [2.05, 4.69) is 10.6 Å². The quantitative estimate of drug-likeness (QED) is 0.466. The summed E-state index contributed by atoms with van der Waals surface area (Å²) in [6, 6.07) is -0.277. The number of hydrogen-bond donors (Lipinski definition) is 3. The van der Waals surface area contributed by atoms with Gasteiger partial charge in [-0.15, -0.1) is 0 Å². The van der Waals surface area contributed by atoms with Crippen LogP contribution in [0.4, 0.5) is 4.79 Å². The molecule has 17 heavy (non-hydrogen) atoms. The third-order valence-electron chi connectivity index (χ3n) is 1.82. The smallest absolute Gasteiger partial charge is 0.329 e. The topological polar surface area (TPSA) is 96.9 Å². The van der Waals surface area contributed by atoms with Crippen molar-refractivity contribution in [3.63, 3.8) is 0 Å². The van der Waals surface area contributed by atoms with Crippen molar-refractivity contribution in [2.75, 3.05) is 40.0 Å². The Hall–Kier alpha value is -1.34. The molecule has 0 aromatic carbocycles. The molecule has 0 saturated carbocycles. The summed E-state index contributed by atoms with van der Waals surface area (Å²) in [5, 5.41) is 13.5. The molecule has 3 N–H and O–H groups in total. The van der Waals surface area contributed by atoms with E-state index in [9.17, 15) is 9.59 Å². The van der Waals surface area contributed by atoms with E-state index in [-0.39, 0.29) is 25.8 Å². The Morgan fingerprint density at radius 1 is 1.12 bits per heavy atom. The van der Waals surface area contributed by atoms with Gasteiger partial charge >= 0.3 is 12.0 Å². The number of methoxy groups -OCH3 is 1. The van der Waals surface area contributed by atoms with Crippen LogP contribution in [0, 0.1) is 0 Å². The molecule has 7 nitrogen and oxygen atoms in total. The molecule has 0 rings (SSSR count). The van der Waals surface area contributed by atoms with Gasteiger partial charge in [0.05, 0.1) is 6.61 Å². The van der Waals surface area contributed by atoms with Crippen LogP contribution in [-0.2, 0) is 14.3 Å². The molecule has 0 aliphatic carbocycles. The number of carboxylic acid groups (broad SMARTS) is 1. The number of carbonyl (C=O) groups excluding carboxylic acids is 1. The average molecular weight is 248 g/mol. The highest BCUT2D eigenvalue weighted by Crippen LogP contribution is 1.86. The van der Waals surface area contributed by atoms with Crippen molar-refractivity contribution in [3.05, 3.63) is 0 Å². The number of carbonyl (C=O) groups is 2. The summed E-state index contributed by atoms with van der Waals surface area (Å²) in [7, 11) is 1.64. The van der Waals surface area contributed by atoms with Crippen LogP contribution >= 0.6 is 0 Å². The summed E-state index contributed by atoms with van der Waals surface area (Å²) >= 11 is 0. The predicted molar refractivity (Wildman–Crippen MR) is 61.0 cm³/mol. The molecular weight excluding hydrogens is 228 g/mol. The van der Waals surface area contributed by atoms with E-state index >= 15 is 0 Å². The second kappa shape index (κ2) is 11.2. The Morgan fingerprint density at radius 2 is 1.82 bits per heavy atom. The maximum atomic E-state index is 11.1. The van der Waals surface area contributed by atoms with Crippen LogP contribution in [0.25, 0.3) is 0 Å². The van der Waals surface area contributed by atoms with Crippen LogP contribution in [-0.4, -0.2) is 57.1 Å². The molecule has 0 bridgehead atoms. The van der Waals surface area contributed by atoms with Gasteiger partial charge in [0.15, 0.2) is 0 Å². The fourth-order valence-electron chi connectivity index (χ4n) is 1.03. The normalized spacial score (nSPS) is 9.94. The van der Waals surface area contributed by atoms with Crippen molar-refractivity contribution < 1.29 is 24.2 Å². The van der Waals surface area contributed by atoms with Gasteiger partial charge in [-0.25, -0.2) is 9.59 Å². The number of aliphatic carboxylic acids is 1. The van der Waals surface area contributed by atoms with Gasteiger partial charge in [-0.3, -0.25) is 0 Å². The van der Waals surface area contributed by atoms with E-state index in [1.807, 2.05) is 0 Å². The largest absolute Gasteiger partial charge is 0.480 e. The summed E-state index contributed by atoms with van der Waals surface area (Å²) in [4.78, 5) is 21.2. The fourth-order valence-corrected chi connectivity index (χ4v) is 1.03. The summed E-state index contributed by atoms with van der Waals surface area (Å²) < 4.78 is 9.61. The van der Waals surface area contributed by atoms with Crippen LogP contribution in [0.15, 0.2) is 0 Å². The first-order valence-electron chi connectivity index (χ1n) is 5.47. The van der Waals surface area contributed by atoms with Crippen molar-refractivity contribution in [3.8, 4) is 0 Å². The fraction of sp³-hybridized carbons (Fsp3) is 0.800. The zero-order valence-corrected chi connectivity index (χ0v) is 10.0. The summed E-state index contributed by atoms with van der Waals surface area (Å²) in [5.41, 5.74) is 0. The SMILES string of the molecule is COCCCCNC(=O)NCCOCC(=O)O. The molecule has 0 fully saturated rings. The van der Waals surface area contributed by atoms with Crippen molar-refractivity contribution in [1.29, 1.82) is 0 Å². The monoisotopic (exact) mass is 248 g/mol. The van der Waals surface area contributed by atoms with E-state index < -0.39 is 5.97 Å². The van der Waals surface area contributed by atoms with Crippen molar-refractivity contribution in [2.24, 2.45) is 0 Å². The molecule has 100 valence electrons. The standard InChI is InChI=1S/C10H20N2O5/c1-16-6-3-2-4-11-10(15)12-5-7-17-8-9(13)14/h2-8H2,1H3,(H,13,14)(H2,11,12,15). The Kier molecular flexibility index (Phi) is 10.3. The number of rotatable bonds is 10. The number of hydrogen-bond acceptors (Lipinski definition) is 4. The number of ether oxygens (including phenoxy) is 2. The Morgan fingerprint density at radius 3 is 2.47 bits per heavy atom. The van der Waals surface area contributed by atoms with Crippen molar-refractivity contribution in [2.45, 2.75) is 12.8 Å². The van der Waals surface area contributed by atoms with Gasteiger partial charge in [-0.2, -0.15) is 0 Å². The van der Waals surface area contributed by atoms with Crippen LogP contribution in [0.3, 0.4) is 0 Å². The molecule has 0 aliphatic heterocycles. The van der Waals surface area contributed by atoms with Crippen LogP contribution in [0.1, 0.15) is 12.8 Å². The third kappa shape index (κ3) is 12.6. The van der Waals surface area contributed by atoms with Crippen LogP contribution in [0.5, 0.6) is 0 Å². The first kappa shape index (κ1) is 15.7. The molecule has 0 spiro atoms. The van der Waals surface area contributed by atoms with Crippen molar-refractivity contribution in [1.82, 2.24) is 10.6 Å². The maximum absolute atomic E-state index is 11.1.